The van der Waals surface area contributed by atoms with Crippen LogP contribution in [-0.2, 0) is 9.59 Å². The molecule has 0 aliphatic rings. The Balaban J connectivity index is 3.52. The van der Waals surface area contributed by atoms with Gasteiger partial charge in [0.05, 0.1) is 0 Å². The minimum atomic E-state index is -0.198. The Kier molecular flexibility index (Phi) is 9.28. The molecule has 0 aromatic heterocycles. The van der Waals surface area contributed by atoms with Crippen LogP contribution in [-0.4, -0.2) is 50.4 Å². The lowest BCUT2D eigenvalue weighted by Crippen LogP contribution is -2.33. The van der Waals surface area contributed by atoms with E-state index in [4.69, 9.17) is 0 Å². The van der Waals surface area contributed by atoms with Crippen molar-refractivity contribution in [2.24, 2.45) is 5.92 Å². The molecule has 2 amide bonds. The summed E-state index contributed by atoms with van der Waals surface area (Å²) in [7, 11) is 3.98. The van der Waals surface area contributed by atoms with Crippen molar-refractivity contribution in [3.63, 3.8) is 0 Å². The summed E-state index contributed by atoms with van der Waals surface area (Å²) in [5.74, 6) is 0.168. The van der Waals surface area contributed by atoms with Gasteiger partial charge in [-0.2, -0.15) is 0 Å². The summed E-state index contributed by atoms with van der Waals surface area (Å²) in [4.78, 5) is 24.9. The largest absolute Gasteiger partial charge is 0.356 e. The van der Waals surface area contributed by atoms with Crippen LogP contribution in [0.15, 0.2) is 0 Å². The minimum absolute atomic E-state index is 0.0694. The van der Waals surface area contributed by atoms with E-state index in [1.165, 1.54) is 0 Å². The first-order valence-electron chi connectivity index (χ1n) is 6.60. The van der Waals surface area contributed by atoms with Gasteiger partial charge < -0.3 is 15.5 Å². The summed E-state index contributed by atoms with van der Waals surface area (Å²) in [6, 6.07) is 0. The van der Waals surface area contributed by atoms with Gasteiger partial charge in [-0.25, -0.2) is 0 Å². The number of nitrogens with one attached hydrogen (secondary N) is 2. The lowest BCUT2D eigenvalue weighted by atomic mass is 10.1. The van der Waals surface area contributed by atoms with Crippen molar-refractivity contribution < 1.29 is 9.59 Å². The number of hydrogen-bond acceptors (Lipinski definition) is 3. The van der Waals surface area contributed by atoms with E-state index >= 15 is 0 Å². The van der Waals surface area contributed by atoms with E-state index in [0.29, 0.717) is 19.0 Å². The molecule has 0 heterocycles. The quantitative estimate of drug-likeness (QED) is 0.470. The maximum atomic E-state index is 11.4. The molecule has 0 saturated carbocycles. The summed E-state index contributed by atoms with van der Waals surface area (Å²) in [5.41, 5.74) is 0. The molecule has 0 saturated heterocycles. The number of hydrogen-bond donors (Lipinski definition) is 2. The van der Waals surface area contributed by atoms with Crippen LogP contribution < -0.4 is 10.6 Å². The zero-order valence-corrected chi connectivity index (χ0v) is 12.1. The highest BCUT2D eigenvalue weighted by molar-refractivity contribution is 5.96. The standard InChI is InChI=1S/C13H27N3O2/c1-11(2)6-8-15-13(18)10-12(17)14-7-5-9-16(3)4/h11H,5-10H2,1-4H3,(H,14,17)(H,15,18). The number of carbonyl (C=O) groups is 2. The van der Waals surface area contributed by atoms with Crippen molar-refractivity contribution in [1.82, 2.24) is 15.5 Å². The second-order valence-electron chi connectivity index (χ2n) is 5.22. The second kappa shape index (κ2) is 9.88. The highest BCUT2D eigenvalue weighted by atomic mass is 16.2. The number of carbonyl (C=O) groups excluding carboxylic acids is 2. The maximum Gasteiger partial charge on any atom is 0.229 e. The molecule has 5 heteroatoms. The number of amides is 2. The fourth-order valence-electron chi connectivity index (χ4n) is 1.39. The molecular weight excluding hydrogens is 230 g/mol. The Morgan fingerprint density at radius 1 is 1.06 bits per heavy atom. The van der Waals surface area contributed by atoms with E-state index in [1.807, 2.05) is 14.1 Å². The third-order valence-corrected chi connectivity index (χ3v) is 2.47. The van der Waals surface area contributed by atoms with Crippen molar-refractivity contribution in [2.45, 2.75) is 33.1 Å². The van der Waals surface area contributed by atoms with E-state index in [9.17, 15) is 9.59 Å². The summed E-state index contributed by atoms with van der Waals surface area (Å²) < 4.78 is 0. The van der Waals surface area contributed by atoms with Crippen LogP contribution in [0.25, 0.3) is 0 Å². The number of rotatable bonds is 9. The Bertz CT molecular complexity index is 253. The lowest BCUT2D eigenvalue weighted by molar-refractivity contribution is -0.129. The Morgan fingerprint density at radius 3 is 2.11 bits per heavy atom. The summed E-state index contributed by atoms with van der Waals surface area (Å²) >= 11 is 0. The monoisotopic (exact) mass is 257 g/mol. The van der Waals surface area contributed by atoms with Crippen molar-refractivity contribution in [2.75, 3.05) is 33.7 Å². The fraction of sp³-hybridized carbons (Fsp3) is 0.846. The van der Waals surface area contributed by atoms with Crippen molar-refractivity contribution in [3.8, 4) is 0 Å². The van der Waals surface area contributed by atoms with Crippen molar-refractivity contribution in [3.05, 3.63) is 0 Å². The summed E-state index contributed by atoms with van der Waals surface area (Å²) in [5, 5.41) is 5.49. The molecule has 5 nitrogen and oxygen atoms in total. The fourth-order valence-corrected chi connectivity index (χ4v) is 1.39. The van der Waals surface area contributed by atoms with Gasteiger partial charge in [0.2, 0.25) is 11.8 Å². The van der Waals surface area contributed by atoms with Gasteiger partial charge >= 0.3 is 0 Å². The maximum absolute atomic E-state index is 11.4. The van der Waals surface area contributed by atoms with Crippen LogP contribution in [0.2, 0.25) is 0 Å². The zero-order valence-electron chi connectivity index (χ0n) is 12.1. The molecule has 0 atom stereocenters. The van der Waals surface area contributed by atoms with Gasteiger partial charge in [-0.05, 0) is 39.4 Å². The predicted molar refractivity (Wildman–Crippen MR) is 73.3 cm³/mol. The van der Waals surface area contributed by atoms with E-state index in [1.54, 1.807) is 0 Å². The van der Waals surface area contributed by atoms with E-state index in [2.05, 4.69) is 29.4 Å². The van der Waals surface area contributed by atoms with Gasteiger partial charge in [-0.3, -0.25) is 9.59 Å². The Morgan fingerprint density at radius 2 is 1.61 bits per heavy atom. The molecule has 0 radical (unpaired) electrons. The SMILES string of the molecule is CC(C)CCNC(=O)CC(=O)NCCCN(C)C. The van der Waals surface area contributed by atoms with Gasteiger partial charge in [-0.1, -0.05) is 13.8 Å². The van der Waals surface area contributed by atoms with E-state index in [-0.39, 0.29) is 18.2 Å². The van der Waals surface area contributed by atoms with Crippen LogP contribution >= 0.6 is 0 Å². The average Bonchev–Trinajstić information content (AvgIpc) is 2.23. The normalized spacial score (nSPS) is 10.8. The van der Waals surface area contributed by atoms with Crippen LogP contribution in [0, 0.1) is 5.92 Å². The lowest BCUT2D eigenvalue weighted by Gasteiger charge is -2.10. The van der Waals surface area contributed by atoms with Crippen LogP contribution in [0.3, 0.4) is 0 Å². The zero-order chi connectivity index (χ0) is 14.0. The minimum Gasteiger partial charge on any atom is -0.356 e. The third-order valence-electron chi connectivity index (χ3n) is 2.47. The van der Waals surface area contributed by atoms with Gasteiger partial charge in [0.25, 0.3) is 0 Å². The molecule has 0 aliphatic heterocycles. The van der Waals surface area contributed by atoms with Gasteiger partial charge in [-0.15, -0.1) is 0 Å². The molecule has 106 valence electrons. The van der Waals surface area contributed by atoms with Crippen molar-refractivity contribution >= 4 is 11.8 Å². The van der Waals surface area contributed by atoms with E-state index in [0.717, 1.165) is 19.4 Å². The molecule has 2 N–H and O–H groups in total. The summed E-state index contributed by atoms with van der Waals surface area (Å²) in [6.07, 6.45) is 1.77. The molecular formula is C13H27N3O2. The Labute approximate surface area is 110 Å². The molecule has 0 aromatic rings. The highest BCUT2D eigenvalue weighted by Gasteiger charge is 2.08. The molecule has 0 fully saturated rings. The molecule has 0 aromatic carbocycles. The average molecular weight is 257 g/mol. The molecule has 0 aliphatic carbocycles. The third kappa shape index (κ3) is 11.4. The van der Waals surface area contributed by atoms with E-state index < -0.39 is 0 Å². The predicted octanol–water partition coefficient (Wildman–Crippen LogP) is 0.607. The molecule has 0 bridgehead atoms. The van der Waals surface area contributed by atoms with Gasteiger partial charge in [0.1, 0.15) is 6.42 Å². The van der Waals surface area contributed by atoms with Crippen LogP contribution in [0.4, 0.5) is 0 Å². The van der Waals surface area contributed by atoms with Crippen LogP contribution in [0.5, 0.6) is 0 Å². The topological polar surface area (TPSA) is 61.4 Å². The first-order valence-corrected chi connectivity index (χ1v) is 6.60. The molecule has 0 unspecified atom stereocenters. The second-order valence-corrected chi connectivity index (χ2v) is 5.22. The summed E-state index contributed by atoms with van der Waals surface area (Å²) in [6.45, 7) is 6.40. The number of nitrogens with zero attached hydrogens (tertiary/aromatic N) is 1. The Hall–Kier alpha value is -1.10. The molecule has 0 spiro atoms. The molecule has 18 heavy (non-hydrogen) atoms. The van der Waals surface area contributed by atoms with Gasteiger partial charge in [0.15, 0.2) is 0 Å². The van der Waals surface area contributed by atoms with Crippen molar-refractivity contribution in [1.29, 1.82) is 0 Å². The smallest absolute Gasteiger partial charge is 0.229 e. The molecule has 0 rings (SSSR count). The first kappa shape index (κ1) is 16.9. The highest BCUT2D eigenvalue weighted by Crippen LogP contribution is 1.96. The van der Waals surface area contributed by atoms with Gasteiger partial charge in [0, 0.05) is 13.1 Å². The first-order chi connectivity index (χ1) is 8.41. The van der Waals surface area contributed by atoms with Crippen LogP contribution in [0.1, 0.15) is 33.1 Å².